The highest BCUT2D eigenvalue weighted by Crippen LogP contribution is 2.10. The standard InChI is InChI=1S/C12H14N4O2S/c13-12-16-15-11(19-12)10(17)14-7-4-8-18-9-5-2-1-3-6-9/h1-3,5-6H,4,7-8H2,(H2,13,16)(H,14,17). The Hall–Kier alpha value is -2.15. The minimum atomic E-state index is -0.256. The summed E-state index contributed by atoms with van der Waals surface area (Å²) in [6, 6.07) is 9.54. The van der Waals surface area contributed by atoms with Crippen LogP contribution < -0.4 is 15.8 Å². The second kappa shape index (κ2) is 6.69. The van der Waals surface area contributed by atoms with Gasteiger partial charge in [-0.05, 0) is 18.6 Å². The number of nitrogen functional groups attached to an aromatic ring is 1. The molecular weight excluding hydrogens is 264 g/mol. The number of nitrogens with one attached hydrogen (secondary N) is 1. The van der Waals surface area contributed by atoms with Gasteiger partial charge in [0.25, 0.3) is 5.91 Å². The average molecular weight is 278 g/mol. The van der Waals surface area contributed by atoms with Crippen LogP contribution in [0, 0.1) is 0 Å². The van der Waals surface area contributed by atoms with E-state index in [-0.39, 0.29) is 16.0 Å². The fourth-order valence-electron chi connectivity index (χ4n) is 1.38. The third kappa shape index (κ3) is 4.22. The SMILES string of the molecule is Nc1nnc(C(=O)NCCCOc2ccccc2)s1. The van der Waals surface area contributed by atoms with Gasteiger partial charge in [0, 0.05) is 6.54 Å². The molecule has 0 spiro atoms. The van der Waals surface area contributed by atoms with E-state index in [1.54, 1.807) is 0 Å². The molecule has 1 aromatic carbocycles. The summed E-state index contributed by atoms with van der Waals surface area (Å²) in [7, 11) is 0. The van der Waals surface area contributed by atoms with Crippen molar-refractivity contribution < 1.29 is 9.53 Å². The number of para-hydroxylation sites is 1. The second-order valence-electron chi connectivity index (χ2n) is 3.72. The minimum absolute atomic E-state index is 0.256. The van der Waals surface area contributed by atoms with Crippen LogP contribution in [-0.2, 0) is 0 Å². The van der Waals surface area contributed by atoms with Crippen molar-refractivity contribution in [2.45, 2.75) is 6.42 Å². The van der Waals surface area contributed by atoms with Crippen molar-refractivity contribution >= 4 is 22.4 Å². The number of amides is 1. The topological polar surface area (TPSA) is 90.1 Å². The molecule has 0 unspecified atom stereocenters. The van der Waals surface area contributed by atoms with Gasteiger partial charge >= 0.3 is 0 Å². The van der Waals surface area contributed by atoms with E-state index < -0.39 is 0 Å². The van der Waals surface area contributed by atoms with Gasteiger partial charge in [0.15, 0.2) is 0 Å². The first-order valence-corrected chi connectivity index (χ1v) is 6.62. The molecule has 0 fully saturated rings. The number of benzene rings is 1. The largest absolute Gasteiger partial charge is 0.494 e. The van der Waals surface area contributed by atoms with E-state index in [2.05, 4.69) is 15.5 Å². The maximum atomic E-state index is 11.6. The summed E-state index contributed by atoms with van der Waals surface area (Å²) in [5, 5.41) is 10.5. The first-order chi connectivity index (χ1) is 9.25. The number of hydrogen-bond donors (Lipinski definition) is 2. The number of nitrogens with two attached hydrogens (primary N) is 1. The molecule has 19 heavy (non-hydrogen) atoms. The highest BCUT2D eigenvalue weighted by Gasteiger charge is 2.10. The van der Waals surface area contributed by atoms with Crippen LogP contribution >= 0.6 is 11.3 Å². The van der Waals surface area contributed by atoms with Crippen LogP contribution in [0.2, 0.25) is 0 Å². The van der Waals surface area contributed by atoms with Crippen molar-refractivity contribution in [1.82, 2.24) is 15.5 Å². The molecule has 0 aliphatic rings. The number of nitrogens with zero attached hydrogens (tertiary/aromatic N) is 2. The predicted molar refractivity (Wildman–Crippen MR) is 73.2 cm³/mol. The van der Waals surface area contributed by atoms with Crippen molar-refractivity contribution in [2.24, 2.45) is 0 Å². The van der Waals surface area contributed by atoms with Gasteiger partial charge in [-0.25, -0.2) is 0 Å². The molecule has 6 nitrogen and oxygen atoms in total. The summed E-state index contributed by atoms with van der Waals surface area (Å²) in [5.74, 6) is 0.569. The quantitative estimate of drug-likeness (QED) is 0.778. The van der Waals surface area contributed by atoms with Crippen molar-refractivity contribution in [1.29, 1.82) is 0 Å². The highest BCUT2D eigenvalue weighted by molar-refractivity contribution is 7.16. The Morgan fingerprint density at radius 3 is 2.79 bits per heavy atom. The molecule has 1 aromatic heterocycles. The van der Waals surface area contributed by atoms with E-state index in [1.807, 2.05) is 30.3 Å². The Labute approximate surface area is 114 Å². The summed E-state index contributed by atoms with van der Waals surface area (Å²) in [6.45, 7) is 1.06. The van der Waals surface area contributed by atoms with Crippen LogP contribution in [0.3, 0.4) is 0 Å². The van der Waals surface area contributed by atoms with E-state index >= 15 is 0 Å². The molecule has 0 aliphatic heterocycles. The highest BCUT2D eigenvalue weighted by atomic mass is 32.1. The fraction of sp³-hybridized carbons (Fsp3) is 0.250. The van der Waals surface area contributed by atoms with Gasteiger partial charge in [-0.3, -0.25) is 4.79 Å². The lowest BCUT2D eigenvalue weighted by Gasteiger charge is -2.06. The Morgan fingerprint density at radius 1 is 1.32 bits per heavy atom. The third-order valence-electron chi connectivity index (χ3n) is 2.25. The van der Waals surface area contributed by atoms with Gasteiger partial charge < -0.3 is 15.8 Å². The molecule has 7 heteroatoms. The molecule has 2 aromatic rings. The average Bonchev–Trinajstić information content (AvgIpc) is 2.86. The van der Waals surface area contributed by atoms with E-state index in [0.717, 1.165) is 23.5 Å². The minimum Gasteiger partial charge on any atom is -0.494 e. The molecule has 0 atom stereocenters. The van der Waals surface area contributed by atoms with E-state index in [0.29, 0.717) is 13.2 Å². The number of aromatic nitrogens is 2. The number of carbonyl (C=O) groups excluding carboxylic acids is 1. The maximum absolute atomic E-state index is 11.6. The molecule has 3 N–H and O–H groups in total. The van der Waals surface area contributed by atoms with E-state index in [9.17, 15) is 4.79 Å². The van der Waals surface area contributed by atoms with Gasteiger partial charge in [0.05, 0.1) is 6.61 Å². The summed E-state index contributed by atoms with van der Waals surface area (Å²) in [6.07, 6.45) is 0.717. The molecule has 0 saturated heterocycles. The van der Waals surface area contributed by atoms with Gasteiger partial charge in [-0.2, -0.15) is 0 Å². The molecule has 100 valence electrons. The number of ether oxygens (including phenoxy) is 1. The predicted octanol–water partition coefficient (Wildman–Crippen LogP) is 1.32. The number of rotatable bonds is 6. The van der Waals surface area contributed by atoms with Crippen molar-refractivity contribution in [3.05, 3.63) is 35.3 Å². The van der Waals surface area contributed by atoms with Crippen LogP contribution in [0.4, 0.5) is 5.13 Å². The van der Waals surface area contributed by atoms with Crippen LogP contribution in [0.15, 0.2) is 30.3 Å². The summed E-state index contributed by atoms with van der Waals surface area (Å²) in [4.78, 5) is 11.6. The first kappa shape index (κ1) is 13.3. The van der Waals surface area contributed by atoms with Crippen LogP contribution in [0.1, 0.15) is 16.2 Å². The lowest BCUT2D eigenvalue weighted by atomic mass is 10.3. The molecule has 1 heterocycles. The van der Waals surface area contributed by atoms with Crippen molar-refractivity contribution in [3.63, 3.8) is 0 Å². The lowest BCUT2D eigenvalue weighted by Crippen LogP contribution is -2.25. The van der Waals surface area contributed by atoms with Gasteiger partial charge in [0.1, 0.15) is 5.75 Å². The summed E-state index contributed by atoms with van der Waals surface area (Å²) >= 11 is 1.07. The molecule has 0 radical (unpaired) electrons. The Kier molecular flexibility index (Phi) is 4.68. The van der Waals surface area contributed by atoms with Crippen molar-refractivity contribution in [3.8, 4) is 5.75 Å². The smallest absolute Gasteiger partial charge is 0.282 e. The molecule has 0 aliphatic carbocycles. The Balaban J connectivity index is 1.63. The monoisotopic (exact) mass is 278 g/mol. The van der Waals surface area contributed by atoms with Gasteiger partial charge in [-0.1, -0.05) is 29.5 Å². The van der Waals surface area contributed by atoms with Crippen LogP contribution in [-0.4, -0.2) is 29.3 Å². The zero-order valence-corrected chi connectivity index (χ0v) is 11.0. The second-order valence-corrected chi connectivity index (χ2v) is 4.73. The van der Waals surface area contributed by atoms with Crippen molar-refractivity contribution in [2.75, 3.05) is 18.9 Å². The fourth-order valence-corrected chi connectivity index (χ4v) is 1.91. The Bertz CT molecular complexity index is 530. The van der Waals surface area contributed by atoms with E-state index in [4.69, 9.17) is 10.5 Å². The van der Waals surface area contributed by atoms with Gasteiger partial charge in [0.2, 0.25) is 10.1 Å². The number of carbonyl (C=O) groups is 1. The van der Waals surface area contributed by atoms with Crippen LogP contribution in [0.25, 0.3) is 0 Å². The molecule has 0 bridgehead atoms. The number of hydrogen-bond acceptors (Lipinski definition) is 6. The molecule has 2 rings (SSSR count). The molecular formula is C12H14N4O2S. The lowest BCUT2D eigenvalue weighted by molar-refractivity contribution is 0.0950. The Morgan fingerprint density at radius 2 is 2.11 bits per heavy atom. The number of anilines is 1. The summed E-state index contributed by atoms with van der Waals surface area (Å²) < 4.78 is 5.50. The maximum Gasteiger partial charge on any atom is 0.282 e. The third-order valence-corrected chi connectivity index (χ3v) is 3.00. The summed E-state index contributed by atoms with van der Waals surface area (Å²) in [5.41, 5.74) is 5.40. The molecule has 1 amide bonds. The zero-order chi connectivity index (χ0) is 13.5. The van der Waals surface area contributed by atoms with E-state index in [1.165, 1.54) is 0 Å². The van der Waals surface area contributed by atoms with Crippen LogP contribution in [0.5, 0.6) is 5.75 Å². The molecule has 0 saturated carbocycles. The normalized spacial score (nSPS) is 10.1. The zero-order valence-electron chi connectivity index (χ0n) is 10.2. The van der Waals surface area contributed by atoms with Gasteiger partial charge in [-0.15, -0.1) is 10.2 Å². The first-order valence-electron chi connectivity index (χ1n) is 5.81.